The molecule has 3 aromatic rings. The molecule has 0 aliphatic rings. The first-order chi connectivity index (χ1) is 15.5. The fourth-order valence-electron chi connectivity index (χ4n) is 2.60. The van der Waals surface area contributed by atoms with Crippen molar-refractivity contribution in [3.63, 3.8) is 0 Å². The first-order valence-electron chi connectivity index (χ1n) is 9.26. The Kier molecular flexibility index (Phi) is 7.88. The molecule has 0 unspecified atom stereocenters. The Morgan fingerprint density at radius 2 is 1.79 bits per heavy atom. The Morgan fingerprint density at radius 3 is 2.45 bits per heavy atom. The molecule has 33 heavy (non-hydrogen) atoms. The number of hydrogen-bond donors (Lipinski definition) is 2. The number of hydrogen-bond acceptors (Lipinski definition) is 5. The number of thioether (sulfide) groups is 1. The van der Waals surface area contributed by atoms with Crippen molar-refractivity contribution in [3.05, 3.63) is 69.5 Å². The number of halogens is 5. The molecule has 7 nitrogen and oxygen atoms in total. The highest BCUT2D eigenvalue weighted by atomic mass is 35.5. The molecule has 0 fully saturated rings. The van der Waals surface area contributed by atoms with E-state index in [4.69, 9.17) is 23.2 Å². The van der Waals surface area contributed by atoms with Crippen LogP contribution in [0.25, 0.3) is 0 Å². The van der Waals surface area contributed by atoms with E-state index in [2.05, 4.69) is 20.8 Å². The molecular weight excluding hydrogens is 502 g/mol. The lowest BCUT2D eigenvalue weighted by Gasteiger charge is -2.11. The van der Waals surface area contributed by atoms with Crippen LogP contribution in [-0.4, -0.2) is 32.3 Å². The lowest BCUT2D eigenvalue weighted by Crippen LogP contribution is -2.24. The van der Waals surface area contributed by atoms with E-state index in [-0.39, 0.29) is 28.9 Å². The molecule has 0 saturated carbocycles. The molecule has 2 amide bonds. The third-order valence-corrected chi connectivity index (χ3v) is 5.94. The van der Waals surface area contributed by atoms with Crippen molar-refractivity contribution < 1.29 is 22.8 Å². The summed E-state index contributed by atoms with van der Waals surface area (Å²) in [6.45, 7) is 0.0948. The van der Waals surface area contributed by atoms with E-state index in [1.54, 1.807) is 35.9 Å². The summed E-state index contributed by atoms with van der Waals surface area (Å²) < 4.78 is 40.2. The maximum atomic E-state index is 12.9. The Morgan fingerprint density at radius 1 is 1.09 bits per heavy atom. The fraction of sp³-hybridized carbons (Fsp3) is 0.200. The summed E-state index contributed by atoms with van der Waals surface area (Å²) in [6, 6.07) is 9.06. The van der Waals surface area contributed by atoms with Gasteiger partial charge in [-0.25, -0.2) is 0 Å². The molecule has 2 aromatic carbocycles. The third kappa shape index (κ3) is 6.62. The van der Waals surface area contributed by atoms with Gasteiger partial charge < -0.3 is 15.2 Å². The number of nitrogens with zero attached hydrogens (tertiary/aromatic N) is 3. The summed E-state index contributed by atoms with van der Waals surface area (Å²) in [5.74, 6) is -0.584. The number of nitrogens with one attached hydrogen (secondary N) is 2. The lowest BCUT2D eigenvalue weighted by molar-refractivity contribution is -0.137. The fourth-order valence-corrected chi connectivity index (χ4v) is 3.62. The molecule has 0 atom stereocenters. The number of amides is 2. The number of anilines is 1. The van der Waals surface area contributed by atoms with Crippen molar-refractivity contribution >= 4 is 52.5 Å². The molecule has 0 aliphatic heterocycles. The topological polar surface area (TPSA) is 88.9 Å². The average molecular weight is 518 g/mol. The summed E-state index contributed by atoms with van der Waals surface area (Å²) >= 11 is 12.7. The predicted octanol–water partition coefficient (Wildman–Crippen LogP) is 4.80. The number of aromatic nitrogens is 3. The van der Waals surface area contributed by atoms with E-state index in [1.807, 2.05) is 0 Å². The van der Waals surface area contributed by atoms with E-state index < -0.39 is 17.6 Å². The number of alkyl halides is 3. The largest absolute Gasteiger partial charge is 0.416 e. The van der Waals surface area contributed by atoms with Crippen LogP contribution < -0.4 is 10.6 Å². The molecular formula is C20H16Cl2F3N5O2S. The Balaban J connectivity index is 1.55. The van der Waals surface area contributed by atoms with Crippen LogP contribution in [0.3, 0.4) is 0 Å². The molecule has 3 rings (SSSR count). The van der Waals surface area contributed by atoms with Crippen LogP contribution in [0.1, 0.15) is 21.7 Å². The standard InChI is InChI=1S/C20H16Cl2F3N5O2S/c1-30-16(9-26-18(32)11-2-5-13(21)6-3-11)28-29-19(30)33-10-17(31)27-15-8-12(20(23,24)25)4-7-14(15)22/h2-8H,9-10H2,1H3,(H,26,32)(H,27,31). The van der Waals surface area contributed by atoms with Gasteiger partial charge in [0.05, 0.1) is 28.6 Å². The Hall–Kier alpha value is -2.76. The molecule has 0 aliphatic carbocycles. The highest BCUT2D eigenvalue weighted by Crippen LogP contribution is 2.34. The average Bonchev–Trinajstić information content (AvgIpc) is 3.11. The number of carbonyl (C=O) groups is 2. The number of benzene rings is 2. The summed E-state index contributed by atoms with van der Waals surface area (Å²) in [5, 5.41) is 13.9. The van der Waals surface area contributed by atoms with E-state index >= 15 is 0 Å². The normalized spacial score (nSPS) is 11.3. The first kappa shape index (κ1) is 24.9. The van der Waals surface area contributed by atoms with Crippen LogP contribution in [0.4, 0.5) is 18.9 Å². The zero-order valence-electron chi connectivity index (χ0n) is 16.9. The van der Waals surface area contributed by atoms with Gasteiger partial charge >= 0.3 is 6.18 Å². The molecule has 0 saturated heterocycles. The van der Waals surface area contributed by atoms with E-state index in [0.29, 0.717) is 21.6 Å². The molecule has 2 N–H and O–H groups in total. The van der Waals surface area contributed by atoms with Gasteiger partial charge in [0, 0.05) is 17.6 Å². The van der Waals surface area contributed by atoms with Crippen LogP contribution in [0.15, 0.2) is 47.6 Å². The van der Waals surface area contributed by atoms with Gasteiger partial charge in [0.15, 0.2) is 11.0 Å². The molecule has 0 bridgehead atoms. The van der Waals surface area contributed by atoms with Crippen molar-refractivity contribution in [1.82, 2.24) is 20.1 Å². The molecule has 174 valence electrons. The van der Waals surface area contributed by atoms with Gasteiger partial charge in [-0.2, -0.15) is 13.2 Å². The molecule has 1 heterocycles. The number of rotatable bonds is 7. The van der Waals surface area contributed by atoms with Crippen LogP contribution in [0, 0.1) is 0 Å². The molecule has 0 radical (unpaired) electrons. The second-order valence-corrected chi connectivity index (χ2v) is 8.46. The van der Waals surface area contributed by atoms with Crippen LogP contribution in [0.5, 0.6) is 0 Å². The second-order valence-electron chi connectivity index (χ2n) is 6.68. The van der Waals surface area contributed by atoms with Crippen molar-refractivity contribution in [1.29, 1.82) is 0 Å². The maximum Gasteiger partial charge on any atom is 0.416 e. The van der Waals surface area contributed by atoms with Gasteiger partial charge in [-0.3, -0.25) is 9.59 Å². The molecule has 0 spiro atoms. The quantitative estimate of drug-likeness (QED) is 0.439. The smallest absolute Gasteiger partial charge is 0.345 e. The summed E-state index contributed by atoms with van der Waals surface area (Å²) in [5.41, 5.74) is -0.629. The van der Waals surface area contributed by atoms with Gasteiger partial charge in [0.1, 0.15) is 0 Å². The van der Waals surface area contributed by atoms with E-state index in [1.165, 1.54) is 0 Å². The summed E-state index contributed by atoms with van der Waals surface area (Å²) in [4.78, 5) is 24.4. The van der Waals surface area contributed by atoms with Gasteiger partial charge in [0.2, 0.25) is 5.91 Å². The van der Waals surface area contributed by atoms with Gasteiger partial charge in [-0.1, -0.05) is 35.0 Å². The van der Waals surface area contributed by atoms with Crippen molar-refractivity contribution in [2.75, 3.05) is 11.1 Å². The maximum absolute atomic E-state index is 12.9. The zero-order chi connectivity index (χ0) is 24.2. The van der Waals surface area contributed by atoms with Gasteiger partial charge in [-0.05, 0) is 42.5 Å². The van der Waals surface area contributed by atoms with Gasteiger partial charge in [0.25, 0.3) is 5.91 Å². The first-order valence-corrected chi connectivity index (χ1v) is 11.0. The van der Waals surface area contributed by atoms with Crippen molar-refractivity contribution in [3.8, 4) is 0 Å². The third-order valence-electron chi connectivity index (χ3n) is 4.34. The summed E-state index contributed by atoms with van der Waals surface area (Å²) in [6.07, 6.45) is -4.56. The van der Waals surface area contributed by atoms with Crippen LogP contribution >= 0.6 is 35.0 Å². The van der Waals surface area contributed by atoms with Gasteiger partial charge in [-0.15, -0.1) is 10.2 Å². The molecule has 1 aromatic heterocycles. The van der Waals surface area contributed by atoms with Crippen LogP contribution in [-0.2, 0) is 24.6 Å². The van der Waals surface area contributed by atoms with Crippen LogP contribution in [0.2, 0.25) is 10.0 Å². The minimum absolute atomic E-state index is 0.0151. The minimum Gasteiger partial charge on any atom is -0.345 e. The van der Waals surface area contributed by atoms with Crippen molar-refractivity contribution in [2.45, 2.75) is 17.9 Å². The second kappa shape index (κ2) is 10.4. The zero-order valence-corrected chi connectivity index (χ0v) is 19.2. The predicted molar refractivity (Wildman–Crippen MR) is 119 cm³/mol. The summed E-state index contributed by atoms with van der Waals surface area (Å²) in [7, 11) is 1.66. The number of carbonyl (C=O) groups excluding carboxylic acids is 2. The Labute approximate surface area is 200 Å². The minimum atomic E-state index is -4.56. The van der Waals surface area contributed by atoms with E-state index in [9.17, 15) is 22.8 Å². The highest BCUT2D eigenvalue weighted by molar-refractivity contribution is 7.99. The lowest BCUT2D eigenvalue weighted by atomic mass is 10.2. The van der Waals surface area contributed by atoms with E-state index in [0.717, 1.165) is 30.0 Å². The molecule has 13 heteroatoms. The van der Waals surface area contributed by atoms with Crippen molar-refractivity contribution in [2.24, 2.45) is 7.05 Å². The SMILES string of the molecule is Cn1c(CNC(=O)c2ccc(Cl)cc2)nnc1SCC(=O)Nc1cc(C(F)(F)F)ccc1Cl. The Bertz CT molecular complexity index is 1170. The monoisotopic (exact) mass is 517 g/mol. The highest BCUT2D eigenvalue weighted by Gasteiger charge is 2.31.